The summed E-state index contributed by atoms with van der Waals surface area (Å²) < 4.78 is 43.0. The molecule has 1 aliphatic rings. The third-order valence-corrected chi connectivity index (χ3v) is 6.44. The van der Waals surface area contributed by atoms with E-state index in [1.807, 2.05) is 0 Å². The SMILES string of the molecule is C[C@@H](OC(=O)c1cncn1-c1ccc(F)cc1)C(=O)N(C)[C@H]1CCS(=O)(=O)C1. The summed E-state index contributed by atoms with van der Waals surface area (Å²) in [4.78, 5) is 30.3. The van der Waals surface area contributed by atoms with Crippen molar-refractivity contribution in [2.24, 2.45) is 0 Å². The van der Waals surface area contributed by atoms with E-state index in [2.05, 4.69) is 4.98 Å². The van der Waals surface area contributed by atoms with E-state index in [1.165, 1.54) is 60.2 Å². The average molecular weight is 409 g/mol. The maximum atomic E-state index is 13.1. The highest BCUT2D eigenvalue weighted by atomic mass is 32.2. The number of carbonyl (C=O) groups is 2. The largest absolute Gasteiger partial charge is 0.448 e. The van der Waals surface area contributed by atoms with Crippen molar-refractivity contribution in [2.75, 3.05) is 18.6 Å². The molecule has 0 spiro atoms. The Kier molecular flexibility index (Phi) is 5.50. The summed E-state index contributed by atoms with van der Waals surface area (Å²) in [5.41, 5.74) is 0.593. The second-order valence-corrected chi connectivity index (χ2v) is 8.91. The molecule has 2 aromatic rings. The summed E-state index contributed by atoms with van der Waals surface area (Å²) in [6.45, 7) is 1.43. The number of nitrogens with zero attached hydrogens (tertiary/aromatic N) is 3. The molecule has 2 atom stereocenters. The molecule has 28 heavy (non-hydrogen) atoms. The van der Waals surface area contributed by atoms with Crippen LogP contribution in [0.2, 0.25) is 0 Å². The van der Waals surface area contributed by atoms with Gasteiger partial charge >= 0.3 is 5.97 Å². The zero-order valence-corrected chi connectivity index (χ0v) is 16.2. The van der Waals surface area contributed by atoms with Crippen LogP contribution in [0, 0.1) is 5.82 Å². The summed E-state index contributed by atoms with van der Waals surface area (Å²) >= 11 is 0. The summed E-state index contributed by atoms with van der Waals surface area (Å²) in [6.07, 6.45) is 1.93. The van der Waals surface area contributed by atoms with Crippen LogP contribution in [0.3, 0.4) is 0 Å². The summed E-state index contributed by atoms with van der Waals surface area (Å²) in [5, 5.41) is 0. The number of amides is 1. The molecule has 1 amide bonds. The number of esters is 1. The third kappa shape index (κ3) is 4.22. The highest BCUT2D eigenvalue weighted by Gasteiger charge is 2.35. The first-order valence-corrected chi connectivity index (χ1v) is 10.5. The van der Waals surface area contributed by atoms with E-state index >= 15 is 0 Å². The first kappa shape index (κ1) is 20.0. The molecule has 10 heteroatoms. The molecule has 1 saturated heterocycles. The van der Waals surface area contributed by atoms with E-state index in [-0.39, 0.29) is 17.2 Å². The number of carbonyl (C=O) groups excluding carboxylic acids is 2. The number of aromatic nitrogens is 2. The number of imidazole rings is 1. The van der Waals surface area contributed by atoms with Crippen molar-refractivity contribution < 1.29 is 27.1 Å². The minimum Gasteiger partial charge on any atom is -0.448 e. The van der Waals surface area contributed by atoms with E-state index in [9.17, 15) is 22.4 Å². The normalized spacial score (nSPS) is 19.2. The summed E-state index contributed by atoms with van der Waals surface area (Å²) in [5.74, 6) is -1.71. The van der Waals surface area contributed by atoms with E-state index in [1.54, 1.807) is 0 Å². The predicted molar refractivity (Wildman–Crippen MR) is 98.2 cm³/mol. The number of likely N-dealkylation sites (N-methyl/N-ethyl adjacent to an activating group) is 1. The van der Waals surface area contributed by atoms with Crippen molar-refractivity contribution in [2.45, 2.75) is 25.5 Å². The van der Waals surface area contributed by atoms with E-state index in [4.69, 9.17) is 4.74 Å². The van der Waals surface area contributed by atoms with Gasteiger partial charge in [0.15, 0.2) is 21.6 Å². The lowest BCUT2D eigenvalue weighted by Crippen LogP contribution is -2.44. The number of hydrogen-bond acceptors (Lipinski definition) is 6. The van der Waals surface area contributed by atoms with Crippen LogP contribution in [-0.4, -0.2) is 65.4 Å². The van der Waals surface area contributed by atoms with Crippen molar-refractivity contribution in [3.05, 3.63) is 48.3 Å². The maximum Gasteiger partial charge on any atom is 0.357 e. The molecule has 150 valence electrons. The lowest BCUT2D eigenvalue weighted by molar-refractivity contribution is -0.140. The van der Waals surface area contributed by atoms with Crippen LogP contribution in [0.25, 0.3) is 5.69 Å². The van der Waals surface area contributed by atoms with Gasteiger partial charge in [0.2, 0.25) is 0 Å². The smallest absolute Gasteiger partial charge is 0.357 e. The molecule has 0 bridgehead atoms. The van der Waals surface area contributed by atoms with Crippen molar-refractivity contribution in [3.8, 4) is 5.69 Å². The first-order valence-electron chi connectivity index (χ1n) is 8.64. The molecule has 3 rings (SSSR count). The zero-order chi connectivity index (χ0) is 20.5. The molecule has 1 aromatic heterocycles. The predicted octanol–water partition coefficient (Wildman–Crippen LogP) is 1.20. The van der Waals surface area contributed by atoms with Crippen LogP contribution in [0.15, 0.2) is 36.8 Å². The molecular formula is C18H20FN3O5S. The van der Waals surface area contributed by atoms with E-state index in [0.29, 0.717) is 12.1 Å². The number of rotatable bonds is 5. The van der Waals surface area contributed by atoms with Gasteiger partial charge in [0.25, 0.3) is 5.91 Å². The number of hydrogen-bond donors (Lipinski definition) is 0. The van der Waals surface area contributed by atoms with Gasteiger partial charge in [-0.25, -0.2) is 22.6 Å². The summed E-state index contributed by atoms with van der Waals surface area (Å²) in [6, 6.07) is 5.04. The molecule has 0 aliphatic carbocycles. The molecule has 1 aromatic carbocycles. The van der Waals surface area contributed by atoms with Gasteiger partial charge in [-0.1, -0.05) is 0 Å². The molecule has 0 saturated carbocycles. The minimum absolute atomic E-state index is 0.0420. The van der Waals surface area contributed by atoms with Gasteiger partial charge in [-0.05, 0) is 37.6 Å². The van der Waals surface area contributed by atoms with Crippen LogP contribution < -0.4 is 0 Å². The number of ether oxygens (including phenoxy) is 1. The fraction of sp³-hybridized carbons (Fsp3) is 0.389. The Labute approximate surface area is 161 Å². The fourth-order valence-electron chi connectivity index (χ4n) is 3.07. The molecule has 8 nitrogen and oxygen atoms in total. The number of halogens is 1. The molecular weight excluding hydrogens is 389 g/mol. The molecule has 0 unspecified atom stereocenters. The fourth-order valence-corrected chi connectivity index (χ4v) is 4.85. The topological polar surface area (TPSA) is 98.6 Å². The van der Waals surface area contributed by atoms with Gasteiger partial charge in [0.05, 0.1) is 24.0 Å². The highest BCUT2D eigenvalue weighted by molar-refractivity contribution is 7.91. The Hall–Kier alpha value is -2.75. The molecule has 0 radical (unpaired) electrons. The molecule has 1 fully saturated rings. The van der Waals surface area contributed by atoms with Gasteiger partial charge in [-0.15, -0.1) is 0 Å². The van der Waals surface area contributed by atoms with E-state index < -0.39 is 39.7 Å². The molecule has 2 heterocycles. The second-order valence-electron chi connectivity index (χ2n) is 6.68. The van der Waals surface area contributed by atoms with Crippen molar-refractivity contribution in [3.63, 3.8) is 0 Å². The Balaban J connectivity index is 1.69. The Morgan fingerprint density at radius 2 is 2.00 bits per heavy atom. The molecule has 1 aliphatic heterocycles. The monoisotopic (exact) mass is 409 g/mol. The standard InChI is InChI=1S/C18H20FN3O5S/c1-12(17(23)21(2)15-7-8-28(25,26)10-15)27-18(24)16-9-20-11-22(16)14-5-3-13(19)4-6-14/h3-6,9,11-12,15H,7-8,10H2,1-2H3/t12-,15+/m1/s1. The van der Waals surface area contributed by atoms with Gasteiger partial charge in [-0.3, -0.25) is 9.36 Å². The van der Waals surface area contributed by atoms with Crippen LogP contribution in [-0.2, 0) is 19.4 Å². The number of sulfone groups is 1. The van der Waals surface area contributed by atoms with Crippen molar-refractivity contribution in [1.82, 2.24) is 14.5 Å². The van der Waals surface area contributed by atoms with Gasteiger partial charge < -0.3 is 9.64 Å². The Morgan fingerprint density at radius 1 is 1.32 bits per heavy atom. The second kappa shape index (κ2) is 7.70. The Morgan fingerprint density at radius 3 is 2.61 bits per heavy atom. The highest BCUT2D eigenvalue weighted by Crippen LogP contribution is 2.18. The van der Waals surface area contributed by atoms with Gasteiger partial charge in [0.1, 0.15) is 5.82 Å². The van der Waals surface area contributed by atoms with Crippen LogP contribution >= 0.6 is 0 Å². The summed E-state index contributed by atoms with van der Waals surface area (Å²) in [7, 11) is -1.64. The maximum absolute atomic E-state index is 13.1. The zero-order valence-electron chi connectivity index (χ0n) is 15.4. The first-order chi connectivity index (χ1) is 13.2. The minimum atomic E-state index is -3.14. The molecule has 0 N–H and O–H groups in total. The lowest BCUT2D eigenvalue weighted by Gasteiger charge is -2.26. The van der Waals surface area contributed by atoms with Gasteiger partial charge in [0, 0.05) is 18.8 Å². The lowest BCUT2D eigenvalue weighted by atomic mass is 10.2. The quantitative estimate of drug-likeness (QED) is 0.689. The van der Waals surface area contributed by atoms with Gasteiger partial charge in [-0.2, -0.15) is 0 Å². The van der Waals surface area contributed by atoms with Crippen LogP contribution in [0.1, 0.15) is 23.8 Å². The van der Waals surface area contributed by atoms with Crippen molar-refractivity contribution >= 4 is 21.7 Å². The van der Waals surface area contributed by atoms with Crippen molar-refractivity contribution in [1.29, 1.82) is 0 Å². The van der Waals surface area contributed by atoms with E-state index in [0.717, 1.165) is 0 Å². The third-order valence-electron chi connectivity index (χ3n) is 4.69. The number of benzene rings is 1. The average Bonchev–Trinajstić information content (AvgIpc) is 3.27. The van der Waals surface area contributed by atoms with Crippen LogP contribution in [0.4, 0.5) is 4.39 Å². The Bertz CT molecular complexity index is 987. The van der Waals surface area contributed by atoms with Crippen LogP contribution in [0.5, 0.6) is 0 Å².